The maximum atomic E-state index is 12.3. The Morgan fingerprint density at radius 3 is 1.89 bits per heavy atom. The van der Waals surface area contributed by atoms with Crippen molar-refractivity contribution >= 4 is 34.6 Å². The number of ketones is 1. The summed E-state index contributed by atoms with van der Waals surface area (Å²) < 4.78 is 1.93. The largest absolute Gasteiger partial charge is 0.319 e. The number of nitrogens with zero attached hydrogens (tertiary/aromatic N) is 1. The second kappa shape index (κ2) is 7.22. The van der Waals surface area contributed by atoms with Crippen molar-refractivity contribution in [1.82, 2.24) is 4.57 Å². The molecule has 3 aromatic carbocycles. The van der Waals surface area contributed by atoms with Crippen LogP contribution in [0.15, 0.2) is 84.9 Å². The van der Waals surface area contributed by atoms with Gasteiger partial charge < -0.3 is 4.57 Å². The first-order valence-electron chi connectivity index (χ1n) is 8.60. The van der Waals surface area contributed by atoms with E-state index in [1.807, 2.05) is 89.5 Å². The van der Waals surface area contributed by atoms with Crippen molar-refractivity contribution in [2.45, 2.75) is 6.04 Å². The van der Waals surface area contributed by atoms with Crippen LogP contribution >= 0.6 is 11.6 Å². The highest BCUT2D eigenvalue weighted by Crippen LogP contribution is 2.38. The van der Waals surface area contributed by atoms with Gasteiger partial charge in [-0.05, 0) is 17.2 Å². The number of hydrogen-bond acceptors (Lipinski definition) is 2. The zero-order chi connectivity index (χ0) is 18.8. The number of halogens is 1. The van der Waals surface area contributed by atoms with Crippen LogP contribution in [0.1, 0.15) is 27.5 Å². The molecule has 0 N–H and O–H groups in total. The van der Waals surface area contributed by atoms with Crippen LogP contribution in [0.5, 0.6) is 0 Å². The zero-order valence-corrected chi connectivity index (χ0v) is 15.1. The predicted octanol–water partition coefficient (Wildman–Crippen LogP) is 5.31. The smallest absolute Gasteiger partial charge is 0.229 e. The Morgan fingerprint density at radius 1 is 0.815 bits per heavy atom. The standard InChI is InChI=1S/C23H16ClNO2/c24-23-21(20(27)15-26)18-13-7-8-14-19(18)25(23)22(16-9-3-1-4-10-16)17-11-5-2-6-12-17/h1-15,22H. The molecule has 132 valence electrons. The number of carbonyl (C=O) groups excluding carboxylic acids is 2. The molecule has 0 fully saturated rings. The molecule has 0 aliphatic heterocycles. The Kier molecular flexibility index (Phi) is 4.61. The number of Topliss-reactive ketones (excluding diaryl/α,β-unsaturated/α-hetero) is 1. The number of aldehydes is 1. The fourth-order valence-electron chi connectivity index (χ4n) is 3.54. The van der Waals surface area contributed by atoms with Crippen LogP contribution < -0.4 is 0 Å². The molecule has 0 saturated carbocycles. The molecule has 4 rings (SSSR count). The van der Waals surface area contributed by atoms with Gasteiger partial charge in [0.05, 0.1) is 17.1 Å². The minimum absolute atomic E-state index is 0.224. The van der Waals surface area contributed by atoms with E-state index in [2.05, 4.69) is 0 Å². The van der Waals surface area contributed by atoms with E-state index in [4.69, 9.17) is 11.6 Å². The van der Waals surface area contributed by atoms with Gasteiger partial charge in [0, 0.05) is 5.39 Å². The van der Waals surface area contributed by atoms with Gasteiger partial charge in [0.15, 0.2) is 6.29 Å². The van der Waals surface area contributed by atoms with Gasteiger partial charge in [-0.25, -0.2) is 0 Å². The maximum Gasteiger partial charge on any atom is 0.229 e. The third-order valence-electron chi connectivity index (χ3n) is 4.69. The SMILES string of the molecule is O=CC(=O)c1c(Cl)n(C(c2ccccc2)c2ccccc2)c2ccccc12. The summed E-state index contributed by atoms with van der Waals surface area (Å²) in [7, 11) is 0. The summed E-state index contributed by atoms with van der Waals surface area (Å²) in [5.41, 5.74) is 3.14. The Hall–Kier alpha value is -3.17. The minimum atomic E-state index is -0.616. The van der Waals surface area contributed by atoms with E-state index in [1.165, 1.54) is 0 Å². The lowest BCUT2D eigenvalue weighted by atomic mass is 9.98. The van der Waals surface area contributed by atoms with Crippen molar-refractivity contribution in [3.05, 3.63) is 107 Å². The Bertz CT molecular complexity index is 1080. The summed E-state index contributed by atoms with van der Waals surface area (Å²) in [5.74, 6) is -0.616. The minimum Gasteiger partial charge on any atom is -0.319 e. The third-order valence-corrected chi connectivity index (χ3v) is 5.06. The Balaban J connectivity index is 2.07. The lowest BCUT2D eigenvalue weighted by Gasteiger charge is -2.22. The van der Waals surface area contributed by atoms with Crippen LogP contribution in [0.2, 0.25) is 5.15 Å². The van der Waals surface area contributed by atoms with Crippen LogP contribution in [0.3, 0.4) is 0 Å². The second-order valence-corrected chi connectivity index (χ2v) is 6.62. The van der Waals surface area contributed by atoms with Crippen molar-refractivity contribution in [2.75, 3.05) is 0 Å². The summed E-state index contributed by atoms with van der Waals surface area (Å²) >= 11 is 6.70. The molecule has 4 aromatic rings. The summed E-state index contributed by atoms with van der Waals surface area (Å²) in [6, 6.07) is 27.2. The Labute approximate surface area is 161 Å². The number of benzene rings is 3. The molecule has 27 heavy (non-hydrogen) atoms. The average Bonchev–Trinajstić information content (AvgIpc) is 3.01. The average molecular weight is 374 g/mol. The molecular weight excluding hydrogens is 358 g/mol. The molecule has 1 heterocycles. The second-order valence-electron chi connectivity index (χ2n) is 6.26. The number of carbonyl (C=O) groups is 2. The van der Waals surface area contributed by atoms with Gasteiger partial charge >= 0.3 is 0 Å². The summed E-state index contributed by atoms with van der Waals surface area (Å²) in [4.78, 5) is 23.5. The molecule has 0 aliphatic rings. The normalized spacial score (nSPS) is 11.0. The molecule has 0 atom stereocenters. The van der Waals surface area contributed by atoms with Gasteiger partial charge in [-0.3, -0.25) is 9.59 Å². The third kappa shape index (κ3) is 2.96. The lowest BCUT2D eigenvalue weighted by Crippen LogP contribution is -2.13. The monoisotopic (exact) mass is 373 g/mol. The summed E-state index contributed by atoms with van der Waals surface area (Å²) in [6.45, 7) is 0. The molecule has 1 aromatic heterocycles. The first kappa shape index (κ1) is 17.3. The van der Waals surface area contributed by atoms with Crippen molar-refractivity contribution in [1.29, 1.82) is 0 Å². The van der Waals surface area contributed by atoms with Crippen molar-refractivity contribution < 1.29 is 9.59 Å². The summed E-state index contributed by atoms with van der Waals surface area (Å²) in [5, 5.41) is 0.947. The van der Waals surface area contributed by atoms with Crippen LogP contribution in [0, 0.1) is 0 Å². The van der Waals surface area contributed by atoms with Gasteiger partial charge in [0.1, 0.15) is 5.15 Å². The number of hydrogen-bond donors (Lipinski definition) is 0. The molecule has 0 radical (unpaired) electrons. The van der Waals surface area contributed by atoms with Crippen LogP contribution in [0.25, 0.3) is 10.9 Å². The van der Waals surface area contributed by atoms with Crippen molar-refractivity contribution in [2.24, 2.45) is 0 Å². The molecule has 4 heteroatoms. The zero-order valence-electron chi connectivity index (χ0n) is 14.4. The van der Waals surface area contributed by atoms with Gasteiger partial charge in [0.25, 0.3) is 0 Å². The fraction of sp³-hybridized carbons (Fsp3) is 0.0435. The number of para-hydroxylation sites is 1. The molecule has 0 bridgehead atoms. The van der Waals surface area contributed by atoms with Gasteiger partial charge in [-0.15, -0.1) is 0 Å². The molecule has 0 spiro atoms. The first-order valence-corrected chi connectivity index (χ1v) is 8.98. The molecule has 0 unspecified atom stereocenters. The molecule has 0 aliphatic carbocycles. The van der Waals surface area contributed by atoms with E-state index in [0.29, 0.717) is 11.7 Å². The van der Waals surface area contributed by atoms with Gasteiger partial charge in [-0.1, -0.05) is 90.5 Å². The van der Waals surface area contributed by atoms with E-state index in [1.54, 1.807) is 0 Å². The van der Waals surface area contributed by atoms with E-state index >= 15 is 0 Å². The van der Waals surface area contributed by atoms with Crippen LogP contribution in [-0.4, -0.2) is 16.6 Å². The molecule has 0 saturated heterocycles. The van der Waals surface area contributed by atoms with E-state index in [9.17, 15) is 9.59 Å². The molecule has 0 amide bonds. The predicted molar refractivity (Wildman–Crippen MR) is 107 cm³/mol. The quantitative estimate of drug-likeness (QED) is 0.270. The lowest BCUT2D eigenvalue weighted by molar-refractivity contribution is -0.104. The summed E-state index contributed by atoms with van der Waals surface area (Å²) in [6.07, 6.45) is 0.317. The number of rotatable bonds is 5. The van der Waals surface area contributed by atoms with Crippen LogP contribution in [-0.2, 0) is 4.79 Å². The van der Waals surface area contributed by atoms with E-state index in [-0.39, 0.29) is 16.8 Å². The van der Waals surface area contributed by atoms with Gasteiger partial charge in [0.2, 0.25) is 5.78 Å². The van der Waals surface area contributed by atoms with Gasteiger partial charge in [-0.2, -0.15) is 0 Å². The first-order chi connectivity index (χ1) is 13.2. The van der Waals surface area contributed by atoms with Crippen LogP contribution in [0.4, 0.5) is 0 Å². The fourth-order valence-corrected chi connectivity index (χ4v) is 3.92. The Morgan fingerprint density at radius 2 is 1.33 bits per heavy atom. The van der Waals surface area contributed by atoms with E-state index < -0.39 is 5.78 Å². The number of aromatic nitrogens is 1. The highest BCUT2D eigenvalue weighted by Gasteiger charge is 2.26. The highest BCUT2D eigenvalue weighted by molar-refractivity contribution is 6.44. The topological polar surface area (TPSA) is 39.1 Å². The number of fused-ring (bicyclic) bond motifs is 1. The molecule has 3 nitrogen and oxygen atoms in total. The van der Waals surface area contributed by atoms with Crippen molar-refractivity contribution in [3.8, 4) is 0 Å². The maximum absolute atomic E-state index is 12.3. The van der Waals surface area contributed by atoms with Crippen molar-refractivity contribution in [3.63, 3.8) is 0 Å². The van der Waals surface area contributed by atoms with E-state index in [0.717, 1.165) is 16.6 Å². The molecular formula is C23H16ClNO2. The highest BCUT2D eigenvalue weighted by atomic mass is 35.5.